The Kier molecular flexibility index (Phi) is 4.36. The van der Waals surface area contributed by atoms with Gasteiger partial charge in [0.25, 0.3) is 17.7 Å². The molecule has 10 heteroatoms. The van der Waals surface area contributed by atoms with E-state index >= 15 is 0 Å². The number of hydrogen-bond donors (Lipinski definition) is 1. The molecule has 1 fully saturated rings. The van der Waals surface area contributed by atoms with E-state index in [1.807, 2.05) is 0 Å². The van der Waals surface area contributed by atoms with Crippen molar-refractivity contribution in [1.29, 1.82) is 0 Å². The van der Waals surface area contributed by atoms with Crippen LogP contribution in [0.2, 0.25) is 0 Å². The minimum Gasteiger partial charge on any atom is -0.497 e. The zero-order valence-corrected chi connectivity index (χ0v) is 16.8. The van der Waals surface area contributed by atoms with Gasteiger partial charge in [-0.1, -0.05) is 18.2 Å². The molecular weight excluding hydrogens is 416 g/mol. The first-order chi connectivity index (χ1) is 15.4. The van der Waals surface area contributed by atoms with Crippen molar-refractivity contribution in [2.45, 2.75) is 6.04 Å². The number of hydrazone groups is 1. The van der Waals surface area contributed by atoms with E-state index < -0.39 is 47.9 Å². The highest BCUT2D eigenvalue weighted by molar-refractivity contribution is 6.49. The van der Waals surface area contributed by atoms with Crippen molar-refractivity contribution < 1.29 is 28.7 Å². The lowest BCUT2D eigenvalue weighted by Gasteiger charge is -2.17. The maximum Gasteiger partial charge on any atom is 0.261 e. The van der Waals surface area contributed by atoms with Crippen LogP contribution in [0.3, 0.4) is 0 Å². The van der Waals surface area contributed by atoms with Gasteiger partial charge in [-0.05, 0) is 24.3 Å². The normalized spacial score (nSPS) is 21.5. The number of hydrogen-bond acceptors (Lipinski definition) is 8. The molecule has 1 saturated heterocycles. The summed E-state index contributed by atoms with van der Waals surface area (Å²) in [5.74, 6) is -3.72. The van der Waals surface area contributed by atoms with Gasteiger partial charge in [0, 0.05) is 6.07 Å². The van der Waals surface area contributed by atoms with Crippen LogP contribution in [-0.4, -0.2) is 59.7 Å². The van der Waals surface area contributed by atoms with E-state index in [0.29, 0.717) is 11.4 Å². The number of methoxy groups -OCH3 is 1. The van der Waals surface area contributed by atoms with Gasteiger partial charge < -0.3 is 4.74 Å². The van der Waals surface area contributed by atoms with Gasteiger partial charge in [0.15, 0.2) is 5.78 Å². The van der Waals surface area contributed by atoms with Gasteiger partial charge in [-0.25, -0.2) is 4.90 Å². The molecule has 0 aliphatic carbocycles. The van der Waals surface area contributed by atoms with Crippen LogP contribution in [0.4, 0.5) is 5.69 Å². The monoisotopic (exact) mass is 432 g/mol. The molecular formula is C22H16N4O6. The van der Waals surface area contributed by atoms with Crippen LogP contribution in [0.5, 0.6) is 5.75 Å². The number of nitrogens with one attached hydrogen (secondary N) is 1. The summed E-state index contributed by atoms with van der Waals surface area (Å²) in [6.45, 7) is -0.573. The second-order valence-electron chi connectivity index (χ2n) is 7.46. The quantitative estimate of drug-likeness (QED) is 0.677. The highest BCUT2D eigenvalue weighted by Gasteiger charge is 2.55. The first kappa shape index (κ1) is 19.6. The summed E-state index contributed by atoms with van der Waals surface area (Å²) in [5.41, 5.74) is 3.11. The van der Waals surface area contributed by atoms with E-state index in [1.54, 1.807) is 30.3 Å². The average Bonchev–Trinajstić information content (AvgIpc) is 3.43. The molecule has 10 nitrogen and oxygen atoms in total. The van der Waals surface area contributed by atoms with Crippen LogP contribution in [0.1, 0.15) is 20.7 Å². The fourth-order valence-corrected chi connectivity index (χ4v) is 4.13. The summed E-state index contributed by atoms with van der Waals surface area (Å²) < 4.78 is 5.15. The van der Waals surface area contributed by atoms with Crippen LogP contribution in [0.15, 0.2) is 53.6 Å². The molecule has 32 heavy (non-hydrogen) atoms. The Bertz CT molecular complexity index is 1220. The van der Waals surface area contributed by atoms with Crippen LogP contribution >= 0.6 is 0 Å². The molecule has 0 bridgehead atoms. The molecule has 5 rings (SSSR count). The summed E-state index contributed by atoms with van der Waals surface area (Å²) >= 11 is 0. The fourth-order valence-electron chi connectivity index (χ4n) is 4.13. The topological polar surface area (TPSA) is 125 Å². The second kappa shape index (κ2) is 7.12. The van der Waals surface area contributed by atoms with Gasteiger partial charge >= 0.3 is 0 Å². The Hall–Kier alpha value is -4.34. The molecule has 2 atom stereocenters. The molecule has 0 unspecified atom stereocenters. The van der Waals surface area contributed by atoms with Gasteiger partial charge in [-0.3, -0.25) is 34.3 Å². The summed E-state index contributed by atoms with van der Waals surface area (Å²) in [4.78, 5) is 65.8. The van der Waals surface area contributed by atoms with Crippen LogP contribution in [0, 0.1) is 5.92 Å². The van der Waals surface area contributed by atoms with Crippen molar-refractivity contribution in [2.24, 2.45) is 11.0 Å². The molecule has 0 saturated carbocycles. The highest BCUT2D eigenvalue weighted by atomic mass is 16.5. The molecule has 0 spiro atoms. The second-order valence-corrected chi connectivity index (χ2v) is 7.46. The lowest BCUT2D eigenvalue weighted by Crippen LogP contribution is -2.41. The Morgan fingerprint density at radius 1 is 1.00 bits per heavy atom. The Labute approximate surface area is 181 Å². The molecule has 160 valence electrons. The molecule has 2 aromatic carbocycles. The third-order valence-corrected chi connectivity index (χ3v) is 5.70. The summed E-state index contributed by atoms with van der Waals surface area (Å²) in [6, 6.07) is 11.7. The standard InChI is InChI=1S/C22H16N4O6/c1-32-12-6-4-5-11(9-12)26-21(30)16-17(23-24-18(16)22(26)31)15(27)10-25-19(28)13-7-2-3-8-14(13)20(25)29/h2-9,16,18,24H,10H2,1H3/t16-,18+/m0/s1. The molecule has 0 radical (unpaired) electrons. The van der Waals surface area contributed by atoms with Gasteiger partial charge in [0.1, 0.15) is 23.4 Å². The van der Waals surface area contributed by atoms with Crippen molar-refractivity contribution in [2.75, 3.05) is 18.6 Å². The minimum absolute atomic E-state index is 0.185. The molecule has 2 aromatic rings. The Morgan fingerprint density at radius 3 is 2.34 bits per heavy atom. The summed E-state index contributed by atoms with van der Waals surface area (Å²) in [6.07, 6.45) is 0. The minimum atomic E-state index is -1.14. The van der Waals surface area contributed by atoms with Gasteiger partial charge in [-0.15, -0.1) is 0 Å². The molecule has 3 aliphatic heterocycles. The van der Waals surface area contributed by atoms with Crippen molar-refractivity contribution in [3.63, 3.8) is 0 Å². The number of ether oxygens (including phenoxy) is 1. The zero-order chi connectivity index (χ0) is 22.6. The lowest BCUT2D eigenvalue weighted by molar-refractivity contribution is -0.122. The first-order valence-electron chi connectivity index (χ1n) is 9.75. The molecule has 4 amide bonds. The highest BCUT2D eigenvalue weighted by Crippen LogP contribution is 2.32. The summed E-state index contributed by atoms with van der Waals surface area (Å²) in [5, 5.41) is 3.90. The average molecular weight is 432 g/mol. The van der Waals surface area contributed by atoms with E-state index in [4.69, 9.17) is 4.74 Å². The molecule has 0 aromatic heterocycles. The SMILES string of the molecule is COc1cccc(N2C(=O)[C@H]3C(C(=O)CN4C(=O)c5ccccc5C4=O)=NN[C@H]3C2=O)c1. The van der Waals surface area contributed by atoms with Crippen LogP contribution < -0.4 is 15.1 Å². The molecule has 3 heterocycles. The van der Waals surface area contributed by atoms with Crippen LogP contribution in [0.25, 0.3) is 0 Å². The van der Waals surface area contributed by atoms with Crippen molar-refractivity contribution >= 4 is 40.8 Å². The number of anilines is 1. The van der Waals surface area contributed by atoms with Gasteiger partial charge in [0.05, 0.1) is 30.5 Å². The van der Waals surface area contributed by atoms with E-state index in [1.165, 1.54) is 25.3 Å². The number of nitrogens with zero attached hydrogens (tertiary/aromatic N) is 3. The smallest absolute Gasteiger partial charge is 0.261 e. The number of rotatable bonds is 5. The predicted octanol–water partition coefficient (Wildman–Crippen LogP) is 0.378. The zero-order valence-electron chi connectivity index (χ0n) is 16.8. The number of imide groups is 2. The summed E-state index contributed by atoms with van der Waals surface area (Å²) in [7, 11) is 1.46. The molecule has 3 aliphatic rings. The maximum absolute atomic E-state index is 13.1. The number of carbonyl (C=O) groups is 5. The van der Waals surface area contributed by atoms with Crippen molar-refractivity contribution in [3.8, 4) is 5.75 Å². The number of carbonyl (C=O) groups excluding carboxylic acids is 5. The fraction of sp³-hybridized carbons (Fsp3) is 0.182. The first-order valence-corrected chi connectivity index (χ1v) is 9.75. The van der Waals surface area contributed by atoms with E-state index in [2.05, 4.69) is 10.5 Å². The molecule has 1 N–H and O–H groups in total. The number of Topliss-reactive ketones (excluding diaryl/α,β-unsaturated/α-hetero) is 1. The lowest BCUT2D eigenvalue weighted by atomic mass is 9.95. The van der Waals surface area contributed by atoms with E-state index in [9.17, 15) is 24.0 Å². The predicted molar refractivity (Wildman–Crippen MR) is 110 cm³/mol. The number of benzene rings is 2. The van der Waals surface area contributed by atoms with Crippen molar-refractivity contribution in [1.82, 2.24) is 10.3 Å². The number of fused-ring (bicyclic) bond motifs is 2. The Morgan fingerprint density at radius 2 is 1.69 bits per heavy atom. The van der Waals surface area contributed by atoms with E-state index in [-0.39, 0.29) is 16.8 Å². The van der Waals surface area contributed by atoms with Crippen molar-refractivity contribution in [3.05, 3.63) is 59.7 Å². The van der Waals surface area contributed by atoms with Crippen LogP contribution in [-0.2, 0) is 14.4 Å². The number of amides is 4. The number of ketones is 1. The third-order valence-electron chi connectivity index (χ3n) is 5.70. The maximum atomic E-state index is 13.1. The Balaban J connectivity index is 1.38. The van der Waals surface area contributed by atoms with Gasteiger partial charge in [-0.2, -0.15) is 5.10 Å². The third kappa shape index (κ3) is 2.73. The largest absolute Gasteiger partial charge is 0.497 e. The van der Waals surface area contributed by atoms with Gasteiger partial charge in [0.2, 0.25) is 5.91 Å². The van der Waals surface area contributed by atoms with E-state index in [0.717, 1.165) is 9.80 Å².